The van der Waals surface area contributed by atoms with E-state index in [1.807, 2.05) is 0 Å². The topological polar surface area (TPSA) is 9.23 Å². The molecule has 1 aromatic carbocycles. The summed E-state index contributed by atoms with van der Waals surface area (Å²) in [6.45, 7) is 0. The molecule has 0 aliphatic carbocycles. The van der Waals surface area contributed by atoms with Gasteiger partial charge in [0.1, 0.15) is 5.75 Å². The molecule has 0 unspecified atom stereocenters. The van der Waals surface area contributed by atoms with E-state index >= 15 is 0 Å². The first-order valence-electron chi connectivity index (χ1n) is 2.65. The Hall–Kier alpha value is -1.12. The molecular formula is C7H5F2O. The maximum atomic E-state index is 12.3. The lowest BCUT2D eigenvalue weighted by molar-refractivity contribution is 0.405. The van der Waals surface area contributed by atoms with Gasteiger partial charge in [0.2, 0.25) is 0 Å². The average molecular weight is 143 g/mol. The fourth-order valence-corrected chi connectivity index (χ4v) is 0.547. The second-order valence-corrected chi connectivity index (χ2v) is 1.70. The quantitative estimate of drug-likeness (QED) is 0.582. The largest absolute Gasteiger partial charge is 0.496 e. The molecule has 3 heteroatoms. The molecule has 0 N–H and O–H groups in total. The van der Waals surface area contributed by atoms with Crippen LogP contribution in [0.5, 0.6) is 5.75 Å². The van der Waals surface area contributed by atoms with Crippen molar-refractivity contribution in [3.8, 4) is 5.75 Å². The molecule has 0 aliphatic rings. The third-order valence-electron chi connectivity index (χ3n) is 1.05. The van der Waals surface area contributed by atoms with Gasteiger partial charge in [0, 0.05) is 12.1 Å². The van der Waals surface area contributed by atoms with Crippen LogP contribution in [-0.2, 0) is 0 Å². The van der Waals surface area contributed by atoms with Gasteiger partial charge in [-0.2, -0.15) is 0 Å². The average Bonchev–Trinajstić information content (AvgIpc) is 1.95. The van der Waals surface area contributed by atoms with Gasteiger partial charge < -0.3 is 4.74 Å². The van der Waals surface area contributed by atoms with Gasteiger partial charge in [-0.15, -0.1) is 0 Å². The normalized spacial score (nSPS) is 9.50. The molecule has 10 heavy (non-hydrogen) atoms. The smallest absolute Gasteiger partial charge is 0.162 e. The molecule has 0 heterocycles. The van der Waals surface area contributed by atoms with E-state index in [0.29, 0.717) is 0 Å². The van der Waals surface area contributed by atoms with E-state index in [9.17, 15) is 8.78 Å². The van der Waals surface area contributed by atoms with Crippen molar-refractivity contribution >= 4 is 0 Å². The summed E-state index contributed by atoms with van der Waals surface area (Å²) in [5.74, 6) is -1.64. The summed E-state index contributed by atoms with van der Waals surface area (Å²) in [6.07, 6.45) is 0. The Bertz CT molecular complexity index is 235. The molecule has 0 spiro atoms. The number of ether oxygens (including phenoxy) is 1. The SMILES string of the molecule is COc1[c]cc(F)c(F)c1. The summed E-state index contributed by atoms with van der Waals surface area (Å²) in [5, 5.41) is 0. The van der Waals surface area contributed by atoms with Gasteiger partial charge in [-0.05, 0) is 6.07 Å². The van der Waals surface area contributed by atoms with Crippen LogP contribution in [0.2, 0.25) is 0 Å². The summed E-state index contributed by atoms with van der Waals surface area (Å²) in [5.41, 5.74) is 0. The maximum absolute atomic E-state index is 12.3. The van der Waals surface area contributed by atoms with Crippen LogP contribution in [0.4, 0.5) is 8.78 Å². The molecule has 0 fully saturated rings. The fraction of sp³-hybridized carbons (Fsp3) is 0.143. The highest BCUT2D eigenvalue weighted by molar-refractivity contribution is 5.21. The van der Waals surface area contributed by atoms with Crippen molar-refractivity contribution < 1.29 is 13.5 Å². The predicted octanol–water partition coefficient (Wildman–Crippen LogP) is 1.77. The molecule has 0 bridgehead atoms. The highest BCUT2D eigenvalue weighted by atomic mass is 19.2. The van der Waals surface area contributed by atoms with Gasteiger partial charge >= 0.3 is 0 Å². The van der Waals surface area contributed by atoms with Crippen LogP contribution >= 0.6 is 0 Å². The zero-order valence-electron chi connectivity index (χ0n) is 5.32. The molecule has 1 nitrogen and oxygen atoms in total. The summed E-state index contributed by atoms with van der Waals surface area (Å²) >= 11 is 0. The van der Waals surface area contributed by atoms with Crippen LogP contribution in [0.25, 0.3) is 0 Å². The van der Waals surface area contributed by atoms with Crippen molar-refractivity contribution in [1.29, 1.82) is 0 Å². The lowest BCUT2D eigenvalue weighted by atomic mass is 10.3. The Morgan fingerprint density at radius 1 is 1.40 bits per heavy atom. The van der Waals surface area contributed by atoms with Crippen LogP contribution in [-0.4, -0.2) is 7.11 Å². The minimum Gasteiger partial charge on any atom is -0.496 e. The maximum Gasteiger partial charge on any atom is 0.162 e. The van der Waals surface area contributed by atoms with Crippen LogP contribution < -0.4 is 4.74 Å². The Balaban J connectivity index is 3.04. The number of rotatable bonds is 1. The summed E-state index contributed by atoms with van der Waals surface area (Å²) < 4.78 is 29.1. The van der Waals surface area contributed by atoms with Crippen LogP contribution in [0.1, 0.15) is 0 Å². The Kier molecular flexibility index (Phi) is 1.85. The first-order chi connectivity index (χ1) is 4.74. The first-order valence-corrected chi connectivity index (χ1v) is 2.65. The molecule has 53 valence electrons. The molecule has 1 aromatic rings. The summed E-state index contributed by atoms with van der Waals surface area (Å²) in [6, 6.07) is 4.23. The molecule has 0 saturated heterocycles. The van der Waals surface area contributed by atoms with Gasteiger partial charge in [0.15, 0.2) is 11.6 Å². The number of halogens is 2. The van der Waals surface area contributed by atoms with E-state index in [4.69, 9.17) is 0 Å². The van der Waals surface area contributed by atoms with E-state index in [2.05, 4.69) is 10.8 Å². The second-order valence-electron chi connectivity index (χ2n) is 1.70. The van der Waals surface area contributed by atoms with E-state index in [1.54, 1.807) is 0 Å². The van der Waals surface area contributed by atoms with Crippen molar-refractivity contribution in [3.63, 3.8) is 0 Å². The number of methoxy groups -OCH3 is 1. The van der Waals surface area contributed by atoms with Crippen molar-refractivity contribution in [2.45, 2.75) is 0 Å². The van der Waals surface area contributed by atoms with E-state index in [-0.39, 0.29) is 5.75 Å². The number of benzene rings is 1. The highest BCUT2D eigenvalue weighted by Gasteiger charge is 2.01. The van der Waals surface area contributed by atoms with Crippen LogP contribution in [0.15, 0.2) is 12.1 Å². The monoisotopic (exact) mass is 143 g/mol. The second kappa shape index (κ2) is 2.64. The predicted molar refractivity (Wildman–Crippen MR) is 31.7 cm³/mol. The Morgan fingerprint density at radius 3 is 2.60 bits per heavy atom. The third-order valence-corrected chi connectivity index (χ3v) is 1.05. The van der Waals surface area contributed by atoms with Crippen molar-refractivity contribution in [2.75, 3.05) is 7.11 Å². The minimum atomic E-state index is -0.921. The van der Waals surface area contributed by atoms with E-state index < -0.39 is 11.6 Å². The summed E-state index contributed by atoms with van der Waals surface area (Å²) in [7, 11) is 1.36. The lowest BCUT2D eigenvalue weighted by Gasteiger charge is -1.97. The Morgan fingerprint density at radius 2 is 2.10 bits per heavy atom. The summed E-state index contributed by atoms with van der Waals surface area (Å²) in [4.78, 5) is 0. The molecule has 0 aromatic heterocycles. The standard InChI is InChI=1S/C7H5F2O/c1-10-5-2-3-6(8)7(9)4-5/h3-4H,1H3. The highest BCUT2D eigenvalue weighted by Crippen LogP contribution is 2.13. The number of hydrogen-bond donors (Lipinski definition) is 0. The molecule has 0 saturated carbocycles. The fourth-order valence-electron chi connectivity index (χ4n) is 0.547. The van der Waals surface area contributed by atoms with Gasteiger partial charge in [-0.3, -0.25) is 0 Å². The van der Waals surface area contributed by atoms with E-state index in [0.717, 1.165) is 12.1 Å². The van der Waals surface area contributed by atoms with Crippen LogP contribution in [0.3, 0.4) is 0 Å². The molecular weight excluding hydrogens is 138 g/mol. The van der Waals surface area contributed by atoms with Crippen molar-refractivity contribution in [2.24, 2.45) is 0 Å². The van der Waals surface area contributed by atoms with Gasteiger partial charge in [0.05, 0.1) is 7.11 Å². The van der Waals surface area contributed by atoms with Crippen LogP contribution in [0, 0.1) is 17.7 Å². The van der Waals surface area contributed by atoms with Gasteiger partial charge in [-0.25, -0.2) is 8.78 Å². The van der Waals surface area contributed by atoms with E-state index in [1.165, 1.54) is 7.11 Å². The van der Waals surface area contributed by atoms with Crippen molar-refractivity contribution in [1.82, 2.24) is 0 Å². The van der Waals surface area contributed by atoms with Crippen molar-refractivity contribution in [3.05, 3.63) is 29.8 Å². The minimum absolute atomic E-state index is 0.193. The zero-order valence-corrected chi connectivity index (χ0v) is 5.32. The molecule has 1 radical (unpaired) electrons. The zero-order chi connectivity index (χ0) is 7.56. The molecule has 1 rings (SSSR count). The first kappa shape index (κ1) is 6.99. The number of hydrogen-bond acceptors (Lipinski definition) is 1. The molecule has 0 aliphatic heterocycles. The molecule has 0 atom stereocenters. The third kappa shape index (κ3) is 1.23. The van der Waals surface area contributed by atoms with Gasteiger partial charge in [-0.1, -0.05) is 0 Å². The Labute approximate surface area is 57.2 Å². The van der Waals surface area contributed by atoms with Gasteiger partial charge in [0.25, 0.3) is 0 Å². The lowest BCUT2D eigenvalue weighted by Crippen LogP contribution is -1.87. The molecule has 0 amide bonds.